The van der Waals surface area contributed by atoms with E-state index in [-0.39, 0.29) is 29.8 Å². The first-order valence-electron chi connectivity index (χ1n) is 14.6. The lowest BCUT2D eigenvalue weighted by molar-refractivity contribution is -0.190. The summed E-state index contributed by atoms with van der Waals surface area (Å²) in [5, 5.41) is 13.0. The maximum atomic E-state index is 11.6. The average Bonchev–Trinajstić information content (AvgIpc) is 3.20. The molecule has 3 unspecified atom stereocenters. The summed E-state index contributed by atoms with van der Waals surface area (Å²) >= 11 is 0. The maximum Gasteiger partial charge on any atom is 0.293 e. The van der Waals surface area contributed by atoms with E-state index >= 15 is 0 Å². The van der Waals surface area contributed by atoms with Gasteiger partial charge in [-0.05, 0) is 125 Å². The summed E-state index contributed by atoms with van der Waals surface area (Å²) in [5.74, 6) is 3.47. The molecule has 36 heavy (non-hydrogen) atoms. The third-order valence-corrected chi connectivity index (χ3v) is 11.7. The number of fused-ring (bicyclic) bond motifs is 5. The van der Waals surface area contributed by atoms with Crippen molar-refractivity contribution >= 4 is 12.9 Å². The third-order valence-electron chi connectivity index (χ3n) is 11.7. The van der Waals surface area contributed by atoms with Crippen LogP contribution in [0.5, 0.6) is 0 Å². The fourth-order valence-electron chi connectivity index (χ4n) is 9.66. The highest BCUT2D eigenvalue weighted by atomic mass is 16.5. The first-order valence-corrected chi connectivity index (χ1v) is 14.6. The van der Waals surface area contributed by atoms with E-state index in [4.69, 9.17) is 9.47 Å². The highest BCUT2D eigenvalue weighted by Crippen LogP contribution is 2.68. The van der Waals surface area contributed by atoms with Gasteiger partial charge in [-0.25, -0.2) is 0 Å². The highest BCUT2D eigenvalue weighted by Gasteiger charge is 2.63. The Morgan fingerprint density at radius 1 is 1.00 bits per heavy atom. The quantitative estimate of drug-likeness (QED) is 0.300. The molecule has 0 bridgehead atoms. The molecular weight excluding hydrogens is 454 g/mol. The van der Waals surface area contributed by atoms with Crippen LogP contribution in [0, 0.1) is 46.3 Å². The molecule has 0 aromatic heterocycles. The summed E-state index contributed by atoms with van der Waals surface area (Å²) in [4.78, 5) is 22.6. The zero-order valence-corrected chi connectivity index (χ0v) is 23.3. The number of aliphatic hydroxyl groups is 1. The largest absolute Gasteiger partial charge is 0.465 e. The minimum atomic E-state index is -0.215. The molecule has 4 saturated carbocycles. The molecule has 0 amide bonds. The standard InChI is InChI=1S/C30H51NO5/c1-20(7-6-14-31-28(2,3)17-32)23-8-9-24-27-25(11-13-30(23,24)5)29(4)12-10-22(35-18-33)15-21(29)16-26(27)36-19-34/h18-27,31-32H,6-17H2,1-5H3/t20-,21+,22-,23-,24?,25?,26-,27?,29+,30-/m1/s1. The molecular formula is C30H51NO5. The first kappa shape index (κ1) is 27.9. The molecule has 10 atom stereocenters. The van der Waals surface area contributed by atoms with Crippen LogP contribution in [0.25, 0.3) is 0 Å². The van der Waals surface area contributed by atoms with Gasteiger partial charge in [0.05, 0.1) is 6.61 Å². The molecule has 0 radical (unpaired) electrons. The minimum Gasteiger partial charge on any atom is -0.465 e. The molecule has 4 rings (SSSR count). The molecule has 4 aliphatic carbocycles. The Morgan fingerprint density at radius 2 is 1.69 bits per heavy atom. The van der Waals surface area contributed by atoms with E-state index in [1.54, 1.807) is 0 Å². The van der Waals surface area contributed by atoms with Gasteiger partial charge in [-0.1, -0.05) is 20.8 Å². The van der Waals surface area contributed by atoms with Crippen molar-refractivity contribution in [1.82, 2.24) is 5.32 Å². The fourth-order valence-corrected chi connectivity index (χ4v) is 9.66. The normalized spacial score (nSPS) is 43.0. The van der Waals surface area contributed by atoms with Gasteiger partial charge in [0.15, 0.2) is 0 Å². The molecule has 0 aromatic carbocycles. The lowest BCUT2D eigenvalue weighted by atomic mass is 9.43. The second-order valence-electron chi connectivity index (χ2n) is 13.9. The van der Waals surface area contributed by atoms with Gasteiger partial charge < -0.3 is 19.9 Å². The van der Waals surface area contributed by atoms with Gasteiger partial charge in [-0.3, -0.25) is 9.59 Å². The van der Waals surface area contributed by atoms with Crippen LogP contribution < -0.4 is 5.32 Å². The molecule has 0 aliphatic heterocycles. The summed E-state index contributed by atoms with van der Waals surface area (Å²) in [6, 6.07) is 0. The number of aliphatic hydroxyl groups excluding tert-OH is 1. The molecule has 0 heterocycles. The van der Waals surface area contributed by atoms with E-state index < -0.39 is 0 Å². The van der Waals surface area contributed by atoms with Crippen molar-refractivity contribution in [1.29, 1.82) is 0 Å². The number of hydrogen-bond acceptors (Lipinski definition) is 6. The topological polar surface area (TPSA) is 84.9 Å². The summed E-state index contributed by atoms with van der Waals surface area (Å²) in [7, 11) is 0. The molecule has 4 aliphatic rings. The van der Waals surface area contributed by atoms with Gasteiger partial charge in [0, 0.05) is 11.5 Å². The molecule has 4 fully saturated rings. The predicted octanol–water partition coefficient (Wildman–Crippen LogP) is 5.12. The average molecular weight is 506 g/mol. The second-order valence-corrected chi connectivity index (χ2v) is 13.9. The van der Waals surface area contributed by atoms with Crippen LogP contribution in [0.4, 0.5) is 0 Å². The van der Waals surface area contributed by atoms with Crippen LogP contribution in [-0.2, 0) is 19.1 Å². The van der Waals surface area contributed by atoms with Crippen LogP contribution in [-0.4, -0.2) is 48.9 Å². The zero-order chi connectivity index (χ0) is 26.1. The monoisotopic (exact) mass is 505 g/mol. The third kappa shape index (κ3) is 5.10. The van der Waals surface area contributed by atoms with Crippen molar-refractivity contribution in [3.05, 3.63) is 0 Å². The van der Waals surface area contributed by atoms with Crippen molar-refractivity contribution in [2.75, 3.05) is 13.2 Å². The maximum absolute atomic E-state index is 11.6. The SMILES string of the molecule is C[C@H](CCCNC(C)(C)CO)[C@H]1CCC2C3C(CC[C@@]21C)[C@@]1(C)CC[C@@H](OC=O)C[C@H]1C[C@H]3OC=O. The molecule has 6 heteroatoms. The van der Waals surface area contributed by atoms with E-state index in [0.717, 1.165) is 38.6 Å². The number of hydrogen-bond donors (Lipinski definition) is 2. The first-order chi connectivity index (χ1) is 17.1. The van der Waals surface area contributed by atoms with Gasteiger partial charge >= 0.3 is 0 Å². The van der Waals surface area contributed by atoms with Crippen molar-refractivity contribution in [3.63, 3.8) is 0 Å². The summed E-state index contributed by atoms with van der Waals surface area (Å²) < 4.78 is 11.3. The molecule has 0 spiro atoms. The van der Waals surface area contributed by atoms with Crippen molar-refractivity contribution in [2.24, 2.45) is 46.3 Å². The lowest BCUT2D eigenvalue weighted by Crippen LogP contribution is -2.59. The van der Waals surface area contributed by atoms with E-state index in [1.165, 1.54) is 32.1 Å². The molecule has 206 valence electrons. The van der Waals surface area contributed by atoms with E-state index in [0.29, 0.717) is 53.9 Å². The number of carbonyl (C=O) groups is 2. The van der Waals surface area contributed by atoms with Crippen LogP contribution in [0.1, 0.15) is 98.8 Å². The van der Waals surface area contributed by atoms with Crippen LogP contribution in [0.3, 0.4) is 0 Å². The Labute approximate surface area is 218 Å². The number of nitrogens with one attached hydrogen (secondary N) is 1. The zero-order valence-electron chi connectivity index (χ0n) is 23.3. The van der Waals surface area contributed by atoms with Crippen LogP contribution >= 0.6 is 0 Å². The fraction of sp³-hybridized carbons (Fsp3) is 0.933. The van der Waals surface area contributed by atoms with Crippen molar-refractivity contribution in [3.8, 4) is 0 Å². The van der Waals surface area contributed by atoms with E-state index in [9.17, 15) is 14.7 Å². The highest BCUT2D eigenvalue weighted by molar-refractivity contribution is 5.38. The number of ether oxygens (including phenoxy) is 2. The smallest absolute Gasteiger partial charge is 0.293 e. The Morgan fingerprint density at radius 3 is 2.39 bits per heavy atom. The number of carbonyl (C=O) groups excluding carboxylic acids is 2. The van der Waals surface area contributed by atoms with E-state index in [2.05, 4.69) is 26.1 Å². The van der Waals surface area contributed by atoms with E-state index in [1.807, 2.05) is 13.8 Å². The summed E-state index contributed by atoms with van der Waals surface area (Å²) in [6.07, 6.45) is 11.2. The molecule has 2 N–H and O–H groups in total. The van der Waals surface area contributed by atoms with Gasteiger partial charge in [0.2, 0.25) is 0 Å². The van der Waals surface area contributed by atoms with Gasteiger partial charge in [0.25, 0.3) is 12.9 Å². The van der Waals surface area contributed by atoms with Crippen molar-refractivity contribution in [2.45, 2.75) is 117 Å². The lowest BCUT2D eigenvalue weighted by Gasteiger charge is -2.62. The number of rotatable bonds is 11. The van der Waals surface area contributed by atoms with Gasteiger partial charge in [0.1, 0.15) is 12.2 Å². The Balaban J connectivity index is 1.47. The van der Waals surface area contributed by atoms with Crippen LogP contribution in [0.2, 0.25) is 0 Å². The van der Waals surface area contributed by atoms with Crippen molar-refractivity contribution < 1.29 is 24.2 Å². The summed E-state index contributed by atoms with van der Waals surface area (Å²) in [6.45, 7) is 14.0. The predicted molar refractivity (Wildman–Crippen MR) is 140 cm³/mol. The summed E-state index contributed by atoms with van der Waals surface area (Å²) in [5.41, 5.74) is 0.337. The molecule has 0 aromatic rings. The Kier molecular flexibility index (Phi) is 8.46. The molecule has 6 nitrogen and oxygen atoms in total. The van der Waals surface area contributed by atoms with Crippen LogP contribution in [0.15, 0.2) is 0 Å². The van der Waals surface area contributed by atoms with Gasteiger partial charge in [-0.2, -0.15) is 0 Å². The minimum absolute atomic E-state index is 0.0100. The Bertz CT molecular complexity index is 772. The second kappa shape index (κ2) is 10.9. The van der Waals surface area contributed by atoms with Gasteiger partial charge in [-0.15, -0.1) is 0 Å². The Hall–Kier alpha value is -1.14. The molecule has 0 saturated heterocycles.